The number of carbonyl (C=O) groups excluding carboxylic acids is 1. The Morgan fingerprint density at radius 1 is 1.21 bits per heavy atom. The topological polar surface area (TPSA) is 70.9 Å². The molecule has 1 aromatic carbocycles. The molecule has 3 rings (SSSR count). The van der Waals surface area contributed by atoms with E-state index in [1.165, 1.54) is 27.8 Å². The third-order valence-corrected chi connectivity index (χ3v) is 8.35. The van der Waals surface area contributed by atoms with Crippen LogP contribution in [0.1, 0.15) is 55.8 Å². The summed E-state index contributed by atoms with van der Waals surface area (Å²) in [4.78, 5) is 14.2. The molecule has 1 unspecified atom stereocenters. The van der Waals surface area contributed by atoms with Crippen LogP contribution in [0.25, 0.3) is 0 Å². The predicted octanol–water partition coefficient (Wildman–Crippen LogP) is 1.70. The fraction of sp³-hybridized carbons (Fsp3) is 0.650. The van der Waals surface area contributed by atoms with Crippen molar-refractivity contribution in [2.75, 3.05) is 32.7 Å². The Morgan fingerprint density at radius 2 is 1.93 bits per heavy atom. The lowest BCUT2D eigenvalue weighted by Crippen LogP contribution is -3.14. The zero-order valence-corrected chi connectivity index (χ0v) is 18.1. The number of amides is 1. The molecule has 2 N–H and O–H groups in total. The smallest absolute Gasteiger partial charge is 0.251 e. The van der Waals surface area contributed by atoms with E-state index < -0.39 is 10.0 Å². The summed E-state index contributed by atoms with van der Waals surface area (Å²) < 4.78 is 27.7. The number of hydrogen-bond donors (Lipinski definition) is 2. The zero-order chi connectivity index (χ0) is 20.1. The van der Waals surface area contributed by atoms with Crippen LogP contribution in [0.2, 0.25) is 5.02 Å². The number of carbonyl (C=O) groups is 1. The molecule has 0 saturated carbocycles. The fourth-order valence-electron chi connectivity index (χ4n) is 4.28. The third kappa shape index (κ3) is 4.87. The van der Waals surface area contributed by atoms with Crippen molar-refractivity contribution < 1.29 is 18.1 Å². The molecule has 2 aliphatic rings. The van der Waals surface area contributed by atoms with Crippen molar-refractivity contribution in [3.8, 4) is 0 Å². The second kappa shape index (κ2) is 9.57. The van der Waals surface area contributed by atoms with Crippen LogP contribution in [-0.4, -0.2) is 57.4 Å². The number of likely N-dealkylation sites (tertiary alicyclic amines) is 1. The van der Waals surface area contributed by atoms with E-state index in [2.05, 4.69) is 12.2 Å². The SMILES string of the molecule is CC[NH+]1CCC[C@@H]1CNC(=O)c1ccc(Cl)c(S(=O)(=O)N2CCCCCC2)c1. The highest BCUT2D eigenvalue weighted by molar-refractivity contribution is 7.89. The van der Waals surface area contributed by atoms with E-state index in [1.54, 1.807) is 6.07 Å². The van der Waals surface area contributed by atoms with Gasteiger partial charge in [0.1, 0.15) is 10.9 Å². The summed E-state index contributed by atoms with van der Waals surface area (Å²) in [6.07, 6.45) is 6.09. The van der Waals surface area contributed by atoms with Crippen LogP contribution in [0, 0.1) is 0 Å². The molecule has 2 heterocycles. The number of sulfonamides is 1. The standard InChI is InChI=1S/C20H30ClN3O3S/c1-2-23-11-7-8-17(23)15-22-20(25)16-9-10-18(21)19(14-16)28(26,27)24-12-5-3-4-6-13-24/h9-10,14,17H,2-8,11-13,15H2,1H3,(H,22,25)/p+1/t17-/m1/s1. The first-order valence-electron chi connectivity index (χ1n) is 10.4. The van der Waals surface area contributed by atoms with Gasteiger partial charge in [-0.25, -0.2) is 8.42 Å². The molecular formula is C20H31ClN3O3S+. The van der Waals surface area contributed by atoms with Crippen molar-refractivity contribution in [1.82, 2.24) is 9.62 Å². The molecule has 8 heteroatoms. The van der Waals surface area contributed by atoms with Crippen LogP contribution >= 0.6 is 11.6 Å². The number of nitrogens with one attached hydrogen (secondary N) is 2. The van der Waals surface area contributed by atoms with Gasteiger partial charge in [-0.2, -0.15) is 4.31 Å². The van der Waals surface area contributed by atoms with Crippen molar-refractivity contribution in [3.63, 3.8) is 0 Å². The van der Waals surface area contributed by atoms with Gasteiger partial charge in [0.05, 0.1) is 24.7 Å². The summed E-state index contributed by atoms with van der Waals surface area (Å²) in [7, 11) is -3.70. The molecule has 156 valence electrons. The van der Waals surface area contributed by atoms with Crippen LogP contribution in [0.4, 0.5) is 0 Å². The molecule has 2 aliphatic heterocycles. The third-order valence-electron chi connectivity index (χ3n) is 5.97. The molecule has 28 heavy (non-hydrogen) atoms. The number of likely N-dealkylation sites (N-methyl/N-ethyl adjacent to an activating group) is 1. The van der Waals surface area contributed by atoms with Gasteiger partial charge in [0.2, 0.25) is 10.0 Å². The van der Waals surface area contributed by atoms with Crippen LogP contribution in [0.3, 0.4) is 0 Å². The van der Waals surface area contributed by atoms with Crippen molar-refractivity contribution in [1.29, 1.82) is 0 Å². The van der Waals surface area contributed by atoms with E-state index in [9.17, 15) is 13.2 Å². The number of nitrogens with zero attached hydrogens (tertiary/aromatic N) is 1. The molecule has 0 spiro atoms. The first-order valence-corrected chi connectivity index (χ1v) is 12.2. The van der Waals surface area contributed by atoms with Crippen molar-refractivity contribution >= 4 is 27.5 Å². The molecule has 2 atom stereocenters. The number of hydrogen-bond acceptors (Lipinski definition) is 3. The molecular weight excluding hydrogens is 398 g/mol. The number of benzene rings is 1. The highest BCUT2D eigenvalue weighted by Crippen LogP contribution is 2.27. The lowest BCUT2D eigenvalue weighted by Gasteiger charge is -2.21. The first kappa shape index (κ1) is 21.6. The average Bonchev–Trinajstić information content (AvgIpc) is 2.96. The summed E-state index contributed by atoms with van der Waals surface area (Å²) in [5.74, 6) is -0.244. The number of rotatable bonds is 6. The Balaban J connectivity index is 1.74. The van der Waals surface area contributed by atoms with E-state index in [4.69, 9.17) is 11.6 Å². The number of quaternary nitrogens is 1. The van der Waals surface area contributed by atoms with Gasteiger partial charge in [-0.1, -0.05) is 24.4 Å². The van der Waals surface area contributed by atoms with Crippen molar-refractivity contribution in [3.05, 3.63) is 28.8 Å². The maximum Gasteiger partial charge on any atom is 0.251 e. The second-order valence-electron chi connectivity index (χ2n) is 7.77. The van der Waals surface area contributed by atoms with Gasteiger partial charge in [0, 0.05) is 31.5 Å². The zero-order valence-electron chi connectivity index (χ0n) is 16.5. The van der Waals surface area contributed by atoms with E-state index >= 15 is 0 Å². The summed E-state index contributed by atoms with van der Waals surface area (Å²) in [6, 6.07) is 4.97. The minimum atomic E-state index is -3.70. The van der Waals surface area contributed by atoms with Crippen LogP contribution in [-0.2, 0) is 10.0 Å². The monoisotopic (exact) mass is 428 g/mol. The van der Waals surface area contributed by atoms with Gasteiger partial charge in [-0.3, -0.25) is 4.79 Å². The highest BCUT2D eigenvalue weighted by atomic mass is 35.5. The largest absolute Gasteiger partial charge is 0.346 e. The van der Waals surface area contributed by atoms with Crippen molar-refractivity contribution in [2.24, 2.45) is 0 Å². The second-order valence-corrected chi connectivity index (χ2v) is 10.1. The molecule has 0 radical (unpaired) electrons. The molecule has 2 fully saturated rings. The maximum atomic E-state index is 13.1. The molecule has 0 aliphatic carbocycles. The lowest BCUT2D eigenvalue weighted by atomic mass is 10.2. The van der Waals surface area contributed by atoms with Crippen molar-refractivity contribution in [2.45, 2.75) is 56.4 Å². The minimum Gasteiger partial charge on any atom is -0.346 e. The molecule has 1 amide bonds. The molecule has 0 aromatic heterocycles. The fourth-order valence-corrected chi connectivity index (χ4v) is 6.29. The van der Waals surface area contributed by atoms with Gasteiger partial charge in [-0.05, 0) is 38.0 Å². The van der Waals surface area contributed by atoms with Crippen LogP contribution in [0.5, 0.6) is 0 Å². The van der Waals surface area contributed by atoms with Crippen LogP contribution < -0.4 is 10.2 Å². The summed E-state index contributed by atoms with van der Waals surface area (Å²) >= 11 is 6.22. The predicted molar refractivity (Wildman–Crippen MR) is 110 cm³/mol. The maximum absolute atomic E-state index is 13.1. The normalized spacial score (nSPS) is 24.1. The summed E-state index contributed by atoms with van der Waals surface area (Å²) in [5, 5.41) is 3.15. The van der Waals surface area contributed by atoms with E-state index in [1.807, 2.05) is 0 Å². The van der Waals surface area contributed by atoms with Gasteiger partial charge in [-0.15, -0.1) is 0 Å². The summed E-state index contributed by atoms with van der Waals surface area (Å²) in [6.45, 7) is 5.99. The Hall–Kier alpha value is -1.15. The summed E-state index contributed by atoms with van der Waals surface area (Å²) in [5.41, 5.74) is 0.342. The minimum absolute atomic E-state index is 0.0328. The quantitative estimate of drug-likeness (QED) is 0.724. The first-order chi connectivity index (χ1) is 13.4. The Bertz CT molecular complexity index is 792. The highest BCUT2D eigenvalue weighted by Gasteiger charge is 2.29. The Labute approximate surface area is 173 Å². The Kier molecular flexibility index (Phi) is 7.36. The number of halogens is 1. The van der Waals surface area contributed by atoms with Gasteiger partial charge in [0.25, 0.3) is 5.91 Å². The lowest BCUT2D eigenvalue weighted by molar-refractivity contribution is -0.909. The van der Waals surface area contributed by atoms with E-state index in [0.717, 1.165) is 45.2 Å². The molecule has 1 aromatic rings. The van der Waals surface area contributed by atoms with Gasteiger partial charge in [0.15, 0.2) is 0 Å². The molecule has 6 nitrogen and oxygen atoms in total. The Morgan fingerprint density at radius 3 is 2.61 bits per heavy atom. The van der Waals surface area contributed by atoms with Gasteiger partial charge < -0.3 is 10.2 Å². The van der Waals surface area contributed by atoms with E-state index in [0.29, 0.717) is 31.2 Å². The van der Waals surface area contributed by atoms with Crippen LogP contribution in [0.15, 0.2) is 23.1 Å². The van der Waals surface area contributed by atoms with Gasteiger partial charge >= 0.3 is 0 Å². The molecule has 2 saturated heterocycles. The average molecular weight is 429 g/mol. The van der Waals surface area contributed by atoms with E-state index in [-0.39, 0.29) is 15.8 Å². The molecule has 0 bridgehead atoms.